The van der Waals surface area contributed by atoms with Gasteiger partial charge in [0.05, 0.1) is 11.2 Å². The molecular weight excluding hydrogens is 511 g/mol. The number of rotatable bonds is 11. The van der Waals surface area contributed by atoms with Crippen molar-refractivity contribution >= 4 is 69.2 Å². The van der Waals surface area contributed by atoms with Crippen LogP contribution >= 0.6 is 34.3 Å². The van der Waals surface area contributed by atoms with Gasteiger partial charge in [0.2, 0.25) is 5.91 Å². The summed E-state index contributed by atoms with van der Waals surface area (Å²) in [5, 5.41) is 13.6. The van der Waals surface area contributed by atoms with Crippen molar-refractivity contribution in [3.05, 3.63) is 70.9 Å². The molecular formula is C26H28ClN2NaO3S2. The van der Waals surface area contributed by atoms with E-state index in [2.05, 4.69) is 17.1 Å². The average molecular weight is 539 g/mol. The predicted molar refractivity (Wildman–Crippen MR) is 145 cm³/mol. The molecule has 1 heterocycles. The average Bonchev–Trinajstić information content (AvgIpc) is 2.81. The van der Waals surface area contributed by atoms with E-state index in [9.17, 15) is 14.7 Å². The number of halogens is 1. The van der Waals surface area contributed by atoms with Crippen molar-refractivity contribution < 1.29 is 44.3 Å². The van der Waals surface area contributed by atoms with Gasteiger partial charge in [0.25, 0.3) is 0 Å². The van der Waals surface area contributed by atoms with Gasteiger partial charge in [-0.15, -0.1) is 0 Å². The second kappa shape index (κ2) is 14.9. The molecule has 0 spiro atoms. The molecule has 1 amide bonds. The van der Waals surface area contributed by atoms with Crippen LogP contribution in [-0.4, -0.2) is 52.4 Å². The van der Waals surface area contributed by atoms with Crippen molar-refractivity contribution in [3.63, 3.8) is 0 Å². The van der Waals surface area contributed by atoms with Gasteiger partial charge in [-0.1, -0.05) is 48.0 Å². The van der Waals surface area contributed by atoms with Crippen LogP contribution < -0.4 is 34.7 Å². The van der Waals surface area contributed by atoms with Crippen LogP contribution in [0.4, 0.5) is 0 Å². The van der Waals surface area contributed by atoms with Crippen LogP contribution in [0.3, 0.4) is 0 Å². The van der Waals surface area contributed by atoms with Crippen LogP contribution in [-0.2, 0) is 9.59 Å². The number of fused-ring (bicyclic) bond motifs is 1. The number of amides is 1. The second-order valence-electron chi connectivity index (χ2n) is 7.96. The number of aliphatic carboxylic acids is 1. The summed E-state index contributed by atoms with van der Waals surface area (Å²) in [5.41, 5.74) is 2.71. The number of carboxylic acids is 1. The minimum atomic E-state index is -1.03. The molecule has 180 valence electrons. The molecule has 1 unspecified atom stereocenters. The number of carboxylic acid groups (broad SMARTS) is 1. The Kier molecular flexibility index (Phi) is 12.7. The van der Waals surface area contributed by atoms with Gasteiger partial charge in [0, 0.05) is 47.7 Å². The molecule has 35 heavy (non-hydrogen) atoms. The fourth-order valence-electron chi connectivity index (χ4n) is 3.26. The van der Waals surface area contributed by atoms with Crippen molar-refractivity contribution in [1.82, 2.24) is 9.88 Å². The molecule has 1 aromatic heterocycles. The number of hydrogen-bond donors (Lipinski definition) is 1. The zero-order valence-corrected chi connectivity index (χ0v) is 24.7. The summed E-state index contributed by atoms with van der Waals surface area (Å²) < 4.78 is 0. The number of benzene rings is 2. The van der Waals surface area contributed by atoms with E-state index in [1.165, 1.54) is 0 Å². The first-order chi connectivity index (χ1) is 16.3. The van der Waals surface area contributed by atoms with Gasteiger partial charge in [-0.25, -0.2) is 15.9 Å². The van der Waals surface area contributed by atoms with E-state index >= 15 is 0 Å². The molecule has 3 rings (SSSR count). The molecule has 5 nitrogen and oxygen atoms in total. The molecule has 0 saturated carbocycles. The maximum atomic E-state index is 11.8. The third-order valence-electron chi connectivity index (χ3n) is 5.15. The molecule has 1 atom stereocenters. The van der Waals surface area contributed by atoms with Crippen LogP contribution in [0.5, 0.6) is 0 Å². The van der Waals surface area contributed by atoms with Crippen molar-refractivity contribution in [3.8, 4) is 0 Å². The van der Waals surface area contributed by atoms with Gasteiger partial charge >= 0.3 is 29.6 Å². The van der Waals surface area contributed by atoms with Crippen molar-refractivity contribution in [2.24, 2.45) is 0 Å². The third-order valence-corrected chi connectivity index (χ3v) is 9.63. The van der Waals surface area contributed by atoms with Gasteiger partial charge in [-0.2, -0.15) is 11.8 Å². The minimum Gasteiger partial charge on any atom is -0.550 e. The molecule has 0 N–H and O–H groups in total. The Bertz CT molecular complexity index is 1190. The second-order valence-corrected chi connectivity index (χ2v) is 12.3. The fourth-order valence-corrected chi connectivity index (χ4v) is 7.59. The van der Waals surface area contributed by atoms with Gasteiger partial charge in [-0.05, 0) is 53.0 Å². The number of thioether (sulfide) groups is 1. The summed E-state index contributed by atoms with van der Waals surface area (Å²) in [7, 11) is 2.81. The minimum absolute atomic E-state index is 0. The number of carbonyl (C=O) groups excluding carboxylic acids is 2. The Morgan fingerprint density at radius 3 is 2.60 bits per heavy atom. The standard InChI is InChI=1S/C26H29ClN2O3S2.Na/c1-29(2)25(30)12-14-33-18-34(15-13-26(31)32)23-5-3-4-19(16-23)6-10-22-11-8-20-7-9-21(27)17-24(20)28-22;/h3-11,16-17,34H,12-15,18H2,1-2H3,(H,31,32);/q;+1/p-1. The van der Waals surface area contributed by atoms with Crippen molar-refractivity contribution in [2.45, 2.75) is 17.7 Å². The van der Waals surface area contributed by atoms with E-state index in [0.717, 1.165) is 37.9 Å². The first-order valence-electron chi connectivity index (χ1n) is 10.9. The Balaban J connectivity index is 0.00000432. The zero-order valence-electron chi connectivity index (χ0n) is 20.2. The van der Waals surface area contributed by atoms with Crippen LogP contribution in [0, 0.1) is 0 Å². The number of carbonyl (C=O) groups is 2. The molecule has 3 aromatic rings. The number of nitrogens with zero attached hydrogens (tertiary/aromatic N) is 2. The molecule has 0 saturated heterocycles. The van der Waals surface area contributed by atoms with Crippen LogP contribution in [0.1, 0.15) is 24.1 Å². The normalized spacial score (nSPS) is 12.4. The van der Waals surface area contributed by atoms with Crippen LogP contribution in [0.15, 0.2) is 59.5 Å². The fraction of sp³-hybridized carbons (Fsp3) is 0.269. The first-order valence-corrected chi connectivity index (χ1v) is 14.1. The SMILES string of the molecule is CN(C)C(=O)CCSC[SH](CCC(=O)[O-])c1cccc(C=Cc2ccc3ccc(Cl)cc3n2)c1.[Na+]. The number of hydrogen-bond acceptors (Lipinski definition) is 5. The van der Waals surface area contributed by atoms with Crippen molar-refractivity contribution in [1.29, 1.82) is 0 Å². The summed E-state index contributed by atoms with van der Waals surface area (Å²) in [6, 6.07) is 17.8. The molecule has 0 aliphatic carbocycles. The molecule has 0 bridgehead atoms. The van der Waals surface area contributed by atoms with Gasteiger partial charge in [-0.3, -0.25) is 4.79 Å². The smallest absolute Gasteiger partial charge is 0.550 e. The molecule has 0 radical (unpaired) electrons. The number of aromatic nitrogens is 1. The molecule has 2 aromatic carbocycles. The largest absolute Gasteiger partial charge is 1.00 e. The summed E-state index contributed by atoms with van der Waals surface area (Å²) in [4.78, 5) is 30.3. The number of thiol groups is 1. The van der Waals surface area contributed by atoms with Crippen molar-refractivity contribution in [2.75, 3.05) is 30.7 Å². The summed E-state index contributed by atoms with van der Waals surface area (Å²) in [5.74, 6) is 0.354. The van der Waals surface area contributed by atoms with E-state index in [4.69, 9.17) is 11.6 Å². The van der Waals surface area contributed by atoms with Gasteiger partial charge < -0.3 is 14.8 Å². The molecule has 0 aliphatic heterocycles. The maximum absolute atomic E-state index is 11.8. The van der Waals surface area contributed by atoms with E-state index in [1.54, 1.807) is 30.8 Å². The van der Waals surface area contributed by atoms with E-state index in [1.807, 2.05) is 54.6 Å². The first kappa shape index (κ1) is 29.7. The molecule has 9 heteroatoms. The topological polar surface area (TPSA) is 73.3 Å². The molecule has 0 fully saturated rings. The number of pyridine rings is 1. The van der Waals surface area contributed by atoms with E-state index < -0.39 is 16.9 Å². The van der Waals surface area contributed by atoms with Crippen LogP contribution in [0.2, 0.25) is 5.02 Å². The monoisotopic (exact) mass is 538 g/mol. The Hall–Kier alpha value is -1.48. The Morgan fingerprint density at radius 1 is 1.09 bits per heavy atom. The summed E-state index contributed by atoms with van der Waals surface area (Å²) in [6.07, 6.45) is 4.49. The predicted octanol–water partition coefficient (Wildman–Crippen LogP) is 1.73. The van der Waals surface area contributed by atoms with E-state index in [-0.39, 0.29) is 41.9 Å². The summed E-state index contributed by atoms with van der Waals surface area (Å²) >= 11 is 7.79. The van der Waals surface area contributed by atoms with Crippen LogP contribution in [0.25, 0.3) is 23.1 Å². The van der Waals surface area contributed by atoms with Gasteiger partial charge in [0.1, 0.15) is 0 Å². The Labute approximate surface area is 241 Å². The molecule has 0 aliphatic rings. The maximum Gasteiger partial charge on any atom is 1.00 e. The third kappa shape index (κ3) is 9.83. The summed E-state index contributed by atoms with van der Waals surface area (Å²) in [6.45, 7) is 0. The van der Waals surface area contributed by atoms with E-state index in [0.29, 0.717) is 17.2 Å². The van der Waals surface area contributed by atoms with Gasteiger partial charge in [0.15, 0.2) is 0 Å². The zero-order chi connectivity index (χ0) is 24.5. The quantitative estimate of drug-likeness (QED) is 0.229. The Morgan fingerprint density at radius 2 is 1.86 bits per heavy atom.